The van der Waals surface area contributed by atoms with Gasteiger partial charge in [0, 0.05) is 5.56 Å². The van der Waals surface area contributed by atoms with Crippen LogP contribution in [-0.4, -0.2) is 30.0 Å². The molecule has 0 aromatic heterocycles. The van der Waals surface area contributed by atoms with Crippen LogP contribution < -0.4 is 10.8 Å². The van der Waals surface area contributed by atoms with Crippen molar-refractivity contribution in [1.29, 1.82) is 0 Å². The van der Waals surface area contributed by atoms with Gasteiger partial charge in [-0.25, -0.2) is 9.98 Å². The molecule has 3 aromatic carbocycles. The van der Waals surface area contributed by atoms with E-state index in [1.165, 1.54) is 16.7 Å². The molecule has 2 aliphatic heterocycles. The van der Waals surface area contributed by atoms with Crippen LogP contribution >= 0.6 is 0 Å². The number of hydrogen-bond donors (Lipinski definition) is 1. The second kappa shape index (κ2) is 10.1. The van der Waals surface area contributed by atoms with Crippen molar-refractivity contribution in [3.8, 4) is 0 Å². The Bertz CT molecular complexity index is 1460. The third kappa shape index (κ3) is 5.15. The first-order valence-electron chi connectivity index (χ1n) is 13.7. The third-order valence-electron chi connectivity index (χ3n) is 8.14. The summed E-state index contributed by atoms with van der Waals surface area (Å²) in [6.45, 7) is 8.30. The molecule has 0 spiro atoms. The normalized spacial score (nSPS) is 21.8. The number of nitrogens with one attached hydrogen (secondary N) is 1. The molecule has 1 atom stereocenters. The minimum atomic E-state index is -0.391. The van der Waals surface area contributed by atoms with E-state index in [2.05, 4.69) is 112 Å². The number of aliphatic imine (C=N–C) groups is 2. The summed E-state index contributed by atoms with van der Waals surface area (Å²) >= 11 is 0. The molecule has 3 aromatic rings. The van der Waals surface area contributed by atoms with Crippen LogP contribution in [0.5, 0.6) is 0 Å². The van der Waals surface area contributed by atoms with Gasteiger partial charge < -0.3 is 14.6 Å². The fraction of sp³-hybridized carbons (Fsp3) is 0.273. The summed E-state index contributed by atoms with van der Waals surface area (Å²) in [7, 11) is -0.391. The quantitative estimate of drug-likeness (QED) is 0.410. The highest BCUT2D eigenvalue weighted by Gasteiger charge is 2.51. The second-order valence-corrected chi connectivity index (χ2v) is 11.3. The van der Waals surface area contributed by atoms with E-state index in [0.29, 0.717) is 0 Å². The zero-order chi connectivity index (χ0) is 27.0. The Labute approximate surface area is 231 Å². The first-order chi connectivity index (χ1) is 18.8. The highest BCUT2D eigenvalue weighted by Crippen LogP contribution is 2.36. The summed E-state index contributed by atoms with van der Waals surface area (Å²) in [5.74, 6) is 1.71. The molecule has 39 heavy (non-hydrogen) atoms. The van der Waals surface area contributed by atoms with Gasteiger partial charge in [-0.3, -0.25) is 0 Å². The van der Waals surface area contributed by atoms with E-state index in [4.69, 9.17) is 19.3 Å². The van der Waals surface area contributed by atoms with Gasteiger partial charge in [0.1, 0.15) is 11.7 Å². The molecule has 6 heteroatoms. The van der Waals surface area contributed by atoms with Gasteiger partial charge in [-0.05, 0) is 68.3 Å². The zero-order valence-corrected chi connectivity index (χ0v) is 23.0. The van der Waals surface area contributed by atoms with Crippen LogP contribution in [0.15, 0.2) is 113 Å². The molecular weight excluding hydrogens is 481 g/mol. The predicted molar refractivity (Wildman–Crippen MR) is 160 cm³/mol. The molecule has 1 N–H and O–H groups in total. The van der Waals surface area contributed by atoms with Crippen molar-refractivity contribution in [1.82, 2.24) is 5.32 Å². The van der Waals surface area contributed by atoms with E-state index in [1.807, 2.05) is 18.2 Å². The number of benzene rings is 3. The lowest BCUT2D eigenvalue weighted by Gasteiger charge is -2.32. The average molecular weight is 515 g/mol. The first kappa shape index (κ1) is 25.5. The van der Waals surface area contributed by atoms with Crippen LogP contribution in [-0.2, 0) is 9.31 Å². The molecular formula is C33H34BN3O2. The van der Waals surface area contributed by atoms with Gasteiger partial charge in [0.05, 0.1) is 11.2 Å². The summed E-state index contributed by atoms with van der Waals surface area (Å²) in [5, 5.41) is 3.53. The van der Waals surface area contributed by atoms with Crippen molar-refractivity contribution in [2.45, 2.75) is 57.9 Å². The Morgan fingerprint density at radius 3 is 1.79 bits per heavy atom. The van der Waals surface area contributed by atoms with Crippen LogP contribution in [0.4, 0.5) is 0 Å². The van der Waals surface area contributed by atoms with Gasteiger partial charge in [-0.1, -0.05) is 97.1 Å². The molecule has 5 nitrogen and oxygen atoms in total. The minimum Gasteiger partial charge on any atom is -0.399 e. The molecule has 1 unspecified atom stereocenters. The smallest absolute Gasteiger partial charge is 0.399 e. The van der Waals surface area contributed by atoms with Crippen LogP contribution in [0.3, 0.4) is 0 Å². The Morgan fingerprint density at radius 1 is 0.667 bits per heavy atom. The highest BCUT2D eigenvalue weighted by atomic mass is 16.7. The topological polar surface area (TPSA) is 55.2 Å². The number of hydrogen-bond acceptors (Lipinski definition) is 5. The molecule has 196 valence electrons. The van der Waals surface area contributed by atoms with Gasteiger partial charge >= 0.3 is 7.12 Å². The molecule has 1 fully saturated rings. The molecule has 0 bridgehead atoms. The summed E-state index contributed by atoms with van der Waals surface area (Å²) in [6.07, 6.45) is 5.97. The van der Waals surface area contributed by atoms with E-state index in [-0.39, 0.29) is 17.4 Å². The van der Waals surface area contributed by atoms with Crippen LogP contribution in [0.1, 0.15) is 63.4 Å². The summed E-state index contributed by atoms with van der Waals surface area (Å²) in [6, 6.07) is 29.2. The van der Waals surface area contributed by atoms with Gasteiger partial charge in [0.25, 0.3) is 0 Å². The average Bonchev–Trinajstić information content (AvgIpc) is 3.20. The van der Waals surface area contributed by atoms with E-state index in [9.17, 15) is 0 Å². The summed E-state index contributed by atoms with van der Waals surface area (Å²) in [4.78, 5) is 10.1. The van der Waals surface area contributed by atoms with E-state index in [0.717, 1.165) is 41.1 Å². The number of allylic oxidation sites excluding steroid dienone is 3. The zero-order valence-electron chi connectivity index (χ0n) is 23.0. The van der Waals surface area contributed by atoms with E-state index in [1.54, 1.807) is 0 Å². The van der Waals surface area contributed by atoms with Crippen LogP contribution in [0, 0.1) is 0 Å². The fourth-order valence-corrected chi connectivity index (χ4v) is 5.04. The second-order valence-electron chi connectivity index (χ2n) is 11.3. The lowest BCUT2D eigenvalue weighted by molar-refractivity contribution is 0.00578. The van der Waals surface area contributed by atoms with Crippen molar-refractivity contribution < 1.29 is 9.31 Å². The maximum absolute atomic E-state index is 6.25. The van der Waals surface area contributed by atoms with Crippen molar-refractivity contribution in [3.63, 3.8) is 0 Å². The lowest BCUT2D eigenvalue weighted by Crippen LogP contribution is -2.41. The Balaban J connectivity index is 1.30. The molecule has 0 saturated carbocycles. The third-order valence-corrected chi connectivity index (χ3v) is 8.14. The summed E-state index contributed by atoms with van der Waals surface area (Å²) in [5.41, 5.74) is 6.14. The molecule has 2 heterocycles. The van der Waals surface area contributed by atoms with Gasteiger partial charge in [0.15, 0.2) is 6.17 Å². The van der Waals surface area contributed by atoms with E-state index >= 15 is 0 Å². The maximum atomic E-state index is 6.25. The fourth-order valence-electron chi connectivity index (χ4n) is 5.04. The minimum absolute atomic E-state index is 0.343. The van der Waals surface area contributed by atoms with Crippen molar-refractivity contribution in [2.24, 2.45) is 9.98 Å². The van der Waals surface area contributed by atoms with Crippen molar-refractivity contribution >= 4 is 29.8 Å². The Morgan fingerprint density at radius 2 is 1.21 bits per heavy atom. The summed E-state index contributed by atoms with van der Waals surface area (Å²) < 4.78 is 12.5. The Hall–Kier alpha value is -3.74. The molecule has 3 aliphatic rings. The van der Waals surface area contributed by atoms with Gasteiger partial charge in [0.2, 0.25) is 0 Å². The first-order valence-corrected chi connectivity index (χ1v) is 13.7. The molecule has 1 aliphatic carbocycles. The molecule has 0 amide bonds. The Kier molecular flexibility index (Phi) is 6.61. The maximum Gasteiger partial charge on any atom is 0.494 e. The molecule has 1 saturated heterocycles. The van der Waals surface area contributed by atoms with Gasteiger partial charge in [-0.2, -0.15) is 0 Å². The SMILES string of the molecule is CC1(C)OB(c2ccc(C3N=C(C4=CC=C(c5ccccc5)CC4)NC(c4ccccc4)=N3)cc2)OC1(C)C. The van der Waals surface area contributed by atoms with Crippen molar-refractivity contribution in [3.05, 3.63) is 119 Å². The van der Waals surface area contributed by atoms with Crippen LogP contribution in [0.25, 0.3) is 5.57 Å². The predicted octanol–water partition coefficient (Wildman–Crippen LogP) is 6.24. The number of amidine groups is 2. The molecule has 0 radical (unpaired) electrons. The van der Waals surface area contributed by atoms with Crippen LogP contribution in [0.2, 0.25) is 0 Å². The standard InChI is InChI=1S/C33H34BN3O2/c1-32(2)33(3,4)39-34(38-32)28-21-19-27(20-22-28)31-36-29(25-13-9-6-10-14-25)35-30(37-31)26-17-15-24(16-18-26)23-11-7-5-8-12-23/h5-15,17,19-22,31H,16,18H2,1-4H3,(H,35,36,37). The van der Waals surface area contributed by atoms with E-state index < -0.39 is 7.12 Å². The largest absolute Gasteiger partial charge is 0.494 e. The van der Waals surface area contributed by atoms with Crippen molar-refractivity contribution in [2.75, 3.05) is 0 Å². The van der Waals surface area contributed by atoms with Gasteiger partial charge in [-0.15, -0.1) is 0 Å². The molecule has 6 rings (SSSR count). The lowest BCUT2D eigenvalue weighted by atomic mass is 9.79. The highest BCUT2D eigenvalue weighted by molar-refractivity contribution is 6.62. The monoisotopic (exact) mass is 515 g/mol. The number of nitrogens with zero attached hydrogens (tertiary/aromatic N) is 2. The number of rotatable bonds is 5.